The third-order valence-corrected chi connectivity index (χ3v) is 3.93. The van der Waals surface area contributed by atoms with Crippen molar-refractivity contribution in [2.24, 2.45) is 7.05 Å². The van der Waals surface area contributed by atoms with E-state index in [1.807, 2.05) is 32.3 Å². The van der Waals surface area contributed by atoms with Crippen LogP contribution in [0.15, 0.2) is 29.4 Å². The fourth-order valence-electron chi connectivity index (χ4n) is 1.78. The first kappa shape index (κ1) is 13.8. The highest BCUT2D eigenvalue weighted by molar-refractivity contribution is 7.99. The standard InChI is InChI=1S/C12H17N5OS/c1-13-10(8-19-12-14-15-16-17(12)2)9-6-4-5-7-11(9)18-3/h4-7,10,13H,8H2,1-3H3. The molecule has 7 heteroatoms. The SMILES string of the molecule is CNC(CSc1nnnn1C)c1ccccc1OC. The van der Waals surface area contributed by atoms with Crippen LogP contribution in [0.25, 0.3) is 0 Å². The lowest BCUT2D eigenvalue weighted by Crippen LogP contribution is -2.19. The largest absolute Gasteiger partial charge is 0.496 e. The number of benzene rings is 1. The summed E-state index contributed by atoms with van der Waals surface area (Å²) in [5, 5.41) is 15.5. The lowest BCUT2D eigenvalue weighted by molar-refractivity contribution is 0.404. The second kappa shape index (κ2) is 6.53. The molecule has 0 bridgehead atoms. The Morgan fingerprint density at radius 2 is 2.21 bits per heavy atom. The first-order valence-corrected chi connectivity index (χ1v) is 6.90. The number of aryl methyl sites for hydroxylation is 1. The van der Waals surface area contributed by atoms with Gasteiger partial charge >= 0.3 is 0 Å². The highest BCUT2D eigenvalue weighted by atomic mass is 32.2. The van der Waals surface area contributed by atoms with E-state index in [4.69, 9.17) is 4.74 Å². The van der Waals surface area contributed by atoms with Gasteiger partial charge in [-0.2, -0.15) is 0 Å². The number of hydrogen-bond acceptors (Lipinski definition) is 6. The smallest absolute Gasteiger partial charge is 0.209 e. The van der Waals surface area contributed by atoms with Gasteiger partial charge in [0.2, 0.25) is 5.16 Å². The van der Waals surface area contributed by atoms with E-state index in [0.29, 0.717) is 0 Å². The molecule has 1 aromatic carbocycles. The zero-order valence-electron chi connectivity index (χ0n) is 11.2. The van der Waals surface area contributed by atoms with Gasteiger partial charge in [0.05, 0.1) is 7.11 Å². The van der Waals surface area contributed by atoms with Gasteiger partial charge in [-0.25, -0.2) is 4.68 Å². The summed E-state index contributed by atoms with van der Waals surface area (Å²) in [6.45, 7) is 0. The van der Waals surface area contributed by atoms with Crippen molar-refractivity contribution in [2.45, 2.75) is 11.2 Å². The number of rotatable bonds is 6. The van der Waals surface area contributed by atoms with E-state index in [2.05, 4.69) is 26.9 Å². The van der Waals surface area contributed by atoms with Crippen LogP contribution in [0.3, 0.4) is 0 Å². The summed E-state index contributed by atoms with van der Waals surface area (Å²) < 4.78 is 7.06. The molecule has 0 saturated heterocycles. The Bertz CT molecular complexity index is 530. The minimum atomic E-state index is 0.179. The third kappa shape index (κ3) is 3.24. The average molecular weight is 279 g/mol. The number of methoxy groups -OCH3 is 1. The van der Waals surface area contributed by atoms with E-state index in [1.54, 1.807) is 23.6 Å². The highest BCUT2D eigenvalue weighted by Gasteiger charge is 2.15. The third-order valence-electron chi connectivity index (χ3n) is 2.82. The molecule has 0 radical (unpaired) electrons. The number of aromatic nitrogens is 4. The van der Waals surface area contributed by atoms with Crippen LogP contribution in [0.2, 0.25) is 0 Å². The van der Waals surface area contributed by atoms with Crippen LogP contribution in [-0.4, -0.2) is 40.1 Å². The maximum Gasteiger partial charge on any atom is 0.209 e. The van der Waals surface area contributed by atoms with Crippen molar-refractivity contribution >= 4 is 11.8 Å². The summed E-state index contributed by atoms with van der Waals surface area (Å²) in [7, 11) is 5.46. The monoisotopic (exact) mass is 279 g/mol. The summed E-state index contributed by atoms with van der Waals surface area (Å²) in [5.74, 6) is 1.71. The Hall–Kier alpha value is -1.60. The molecule has 102 valence electrons. The van der Waals surface area contributed by atoms with Crippen molar-refractivity contribution in [3.63, 3.8) is 0 Å². The van der Waals surface area contributed by atoms with Crippen molar-refractivity contribution in [2.75, 3.05) is 19.9 Å². The van der Waals surface area contributed by atoms with Crippen LogP contribution in [0.4, 0.5) is 0 Å². The second-order valence-corrected chi connectivity index (χ2v) is 4.97. The van der Waals surface area contributed by atoms with Crippen LogP contribution in [0, 0.1) is 0 Å². The number of ether oxygens (including phenoxy) is 1. The maximum absolute atomic E-state index is 5.39. The Labute approximate surface area is 116 Å². The Morgan fingerprint density at radius 3 is 2.84 bits per heavy atom. The molecule has 0 fully saturated rings. The number of hydrogen-bond donors (Lipinski definition) is 1. The zero-order chi connectivity index (χ0) is 13.7. The number of tetrazole rings is 1. The van der Waals surface area contributed by atoms with E-state index in [-0.39, 0.29) is 6.04 Å². The molecule has 1 atom stereocenters. The fourth-order valence-corrected chi connectivity index (χ4v) is 2.76. The molecule has 0 spiro atoms. The van der Waals surface area contributed by atoms with Gasteiger partial charge in [0.1, 0.15) is 5.75 Å². The lowest BCUT2D eigenvalue weighted by atomic mass is 10.1. The zero-order valence-corrected chi connectivity index (χ0v) is 12.0. The van der Waals surface area contributed by atoms with E-state index in [1.165, 1.54) is 0 Å². The molecular formula is C12H17N5OS. The van der Waals surface area contributed by atoms with Crippen LogP contribution in [0.1, 0.15) is 11.6 Å². The molecule has 0 aliphatic heterocycles. The topological polar surface area (TPSA) is 64.9 Å². The van der Waals surface area contributed by atoms with E-state index < -0.39 is 0 Å². The van der Waals surface area contributed by atoms with Crippen LogP contribution in [0.5, 0.6) is 5.75 Å². The van der Waals surface area contributed by atoms with Crippen molar-refractivity contribution in [3.8, 4) is 5.75 Å². The first-order valence-electron chi connectivity index (χ1n) is 5.91. The summed E-state index contributed by atoms with van der Waals surface area (Å²) in [5.41, 5.74) is 1.13. The molecule has 0 aliphatic rings. The summed E-state index contributed by atoms with van der Waals surface area (Å²) >= 11 is 1.61. The van der Waals surface area contributed by atoms with Crippen molar-refractivity contribution in [1.29, 1.82) is 0 Å². The molecule has 0 aliphatic carbocycles. The van der Waals surface area contributed by atoms with E-state index >= 15 is 0 Å². The quantitative estimate of drug-likeness (QED) is 0.803. The number of thioether (sulfide) groups is 1. The average Bonchev–Trinajstić information content (AvgIpc) is 2.85. The second-order valence-electron chi connectivity index (χ2n) is 3.98. The predicted molar refractivity (Wildman–Crippen MR) is 74.3 cm³/mol. The molecule has 2 rings (SSSR count). The Balaban J connectivity index is 2.10. The Kier molecular flexibility index (Phi) is 4.75. The number of para-hydroxylation sites is 1. The van der Waals surface area contributed by atoms with Crippen molar-refractivity contribution < 1.29 is 4.74 Å². The fraction of sp³-hybridized carbons (Fsp3) is 0.417. The maximum atomic E-state index is 5.39. The van der Waals surface area contributed by atoms with Gasteiger partial charge in [-0.05, 0) is 23.5 Å². The lowest BCUT2D eigenvalue weighted by Gasteiger charge is -2.18. The molecule has 1 unspecified atom stereocenters. The Morgan fingerprint density at radius 1 is 1.42 bits per heavy atom. The van der Waals surface area contributed by atoms with Gasteiger partial charge in [0, 0.05) is 24.4 Å². The molecule has 6 nitrogen and oxygen atoms in total. The van der Waals surface area contributed by atoms with Gasteiger partial charge in [-0.15, -0.1) is 5.10 Å². The minimum Gasteiger partial charge on any atom is -0.496 e. The van der Waals surface area contributed by atoms with Crippen molar-refractivity contribution in [3.05, 3.63) is 29.8 Å². The van der Waals surface area contributed by atoms with Gasteiger partial charge in [0.15, 0.2) is 0 Å². The first-order chi connectivity index (χ1) is 9.26. The minimum absolute atomic E-state index is 0.179. The summed E-state index contributed by atoms with van der Waals surface area (Å²) in [6.07, 6.45) is 0. The molecule has 0 saturated carbocycles. The number of nitrogens with zero attached hydrogens (tertiary/aromatic N) is 4. The van der Waals surface area contributed by atoms with Crippen LogP contribution < -0.4 is 10.1 Å². The molecule has 1 aromatic heterocycles. The molecule has 0 amide bonds. The van der Waals surface area contributed by atoms with Gasteiger partial charge in [-0.1, -0.05) is 30.0 Å². The van der Waals surface area contributed by atoms with Crippen molar-refractivity contribution in [1.82, 2.24) is 25.5 Å². The van der Waals surface area contributed by atoms with Crippen LogP contribution >= 0.6 is 11.8 Å². The van der Waals surface area contributed by atoms with Gasteiger partial charge in [0.25, 0.3) is 0 Å². The van der Waals surface area contributed by atoms with E-state index in [9.17, 15) is 0 Å². The molecule has 19 heavy (non-hydrogen) atoms. The van der Waals surface area contributed by atoms with Gasteiger partial charge < -0.3 is 10.1 Å². The van der Waals surface area contributed by atoms with Crippen LogP contribution in [-0.2, 0) is 7.05 Å². The summed E-state index contributed by atoms with van der Waals surface area (Å²) in [4.78, 5) is 0. The highest BCUT2D eigenvalue weighted by Crippen LogP contribution is 2.28. The molecular weight excluding hydrogens is 262 g/mol. The van der Waals surface area contributed by atoms with Gasteiger partial charge in [-0.3, -0.25) is 0 Å². The summed E-state index contributed by atoms with van der Waals surface area (Å²) in [6, 6.07) is 8.19. The molecule has 2 aromatic rings. The molecule has 1 N–H and O–H groups in total. The normalized spacial score (nSPS) is 12.4. The predicted octanol–water partition coefficient (Wildman–Crippen LogP) is 1.27. The molecule has 1 heterocycles. The number of nitrogens with one attached hydrogen (secondary N) is 1. The van der Waals surface area contributed by atoms with E-state index in [0.717, 1.165) is 22.2 Å².